The van der Waals surface area contributed by atoms with E-state index in [4.69, 9.17) is 4.74 Å². The number of nitrogens with one attached hydrogen (secondary N) is 1. The highest BCUT2D eigenvalue weighted by molar-refractivity contribution is 5.53. The van der Waals surface area contributed by atoms with E-state index in [2.05, 4.69) is 55.3 Å². The van der Waals surface area contributed by atoms with Crippen LogP contribution in [0.15, 0.2) is 24.3 Å². The van der Waals surface area contributed by atoms with Crippen molar-refractivity contribution in [3.05, 3.63) is 29.8 Å². The van der Waals surface area contributed by atoms with Crippen LogP contribution in [0.3, 0.4) is 0 Å². The quantitative estimate of drug-likeness (QED) is 0.882. The molecule has 0 radical (unpaired) electrons. The molecule has 1 saturated heterocycles. The van der Waals surface area contributed by atoms with Crippen molar-refractivity contribution in [2.24, 2.45) is 0 Å². The van der Waals surface area contributed by atoms with Gasteiger partial charge in [0.15, 0.2) is 0 Å². The maximum Gasteiger partial charge on any atom is 0.0621 e. The first kappa shape index (κ1) is 14.4. The largest absolute Gasteiger partial charge is 0.379 e. The molecule has 0 saturated carbocycles. The topological polar surface area (TPSA) is 24.5 Å². The SMILES string of the molecule is CCN(c1ccccc1C)C(C)CC1COCCN1. The van der Waals surface area contributed by atoms with Gasteiger partial charge in [-0.2, -0.15) is 0 Å². The maximum atomic E-state index is 5.54. The van der Waals surface area contributed by atoms with Gasteiger partial charge in [-0.15, -0.1) is 0 Å². The molecule has 3 nitrogen and oxygen atoms in total. The van der Waals surface area contributed by atoms with Crippen LogP contribution in [-0.2, 0) is 4.74 Å². The molecule has 1 aromatic carbocycles. The fourth-order valence-corrected chi connectivity index (χ4v) is 2.92. The summed E-state index contributed by atoms with van der Waals surface area (Å²) in [6.07, 6.45) is 1.13. The smallest absolute Gasteiger partial charge is 0.0621 e. The number of anilines is 1. The van der Waals surface area contributed by atoms with Crippen LogP contribution in [0.5, 0.6) is 0 Å². The van der Waals surface area contributed by atoms with Gasteiger partial charge in [0.05, 0.1) is 13.2 Å². The molecule has 2 unspecified atom stereocenters. The average Bonchev–Trinajstić information content (AvgIpc) is 2.43. The van der Waals surface area contributed by atoms with Crippen molar-refractivity contribution in [1.29, 1.82) is 0 Å². The second-order valence-electron chi connectivity index (χ2n) is 5.38. The van der Waals surface area contributed by atoms with Gasteiger partial charge >= 0.3 is 0 Å². The zero-order valence-electron chi connectivity index (χ0n) is 12.4. The van der Waals surface area contributed by atoms with Crippen molar-refractivity contribution in [2.75, 3.05) is 31.2 Å². The summed E-state index contributed by atoms with van der Waals surface area (Å²) in [5.74, 6) is 0. The van der Waals surface area contributed by atoms with E-state index >= 15 is 0 Å². The van der Waals surface area contributed by atoms with E-state index < -0.39 is 0 Å². The number of aryl methyl sites for hydroxylation is 1. The van der Waals surface area contributed by atoms with E-state index in [1.54, 1.807) is 0 Å². The first-order valence-electron chi connectivity index (χ1n) is 7.35. The summed E-state index contributed by atoms with van der Waals surface area (Å²) in [7, 11) is 0. The summed E-state index contributed by atoms with van der Waals surface area (Å²) in [6, 6.07) is 9.65. The van der Waals surface area contributed by atoms with Crippen molar-refractivity contribution < 1.29 is 4.74 Å². The van der Waals surface area contributed by atoms with Crippen LogP contribution in [-0.4, -0.2) is 38.4 Å². The Hall–Kier alpha value is -1.06. The number of hydrogen-bond donors (Lipinski definition) is 1. The number of rotatable bonds is 5. The number of hydrogen-bond acceptors (Lipinski definition) is 3. The number of benzene rings is 1. The van der Waals surface area contributed by atoms with Gasteiger partial charge in [0.2, 0.25) is 0 Å². The molecule has 1 aromatic rings. The third-order valence-corrected chi connectivity index (χ3v) is 3.92. The number of morpholine rings is 1. The lowest BCUT2D eigenvalue weighted by atomic mass is 10.0. The Labute approximate surface area is 116 Å². The van der Waals surface area contributed by atoms with Crippen molar-refractivity contribution in [1.82, 2.24) is 5.32 Å². The van der Waals surface area contributed by atoms with Crippen LogP contribution in [0.2, 0.25) is 0 Å². The van der Waals surface area contributed by atoms with Gasteiger partial charge in [0.1, 0.15) is 0 Å². The Morgan fingerprint density at radius 1 is 1.42 bits per heavy atom. The monoisotopic (exact) mass is 262 g/mol. The normalized spacial score (nSPS) is 21.1. The molecule has 106 valence electrons. The summed E-state index contributed by atoms with van der Waals surface area (Å²) in [6.45, 7) is 10.4. The van der Waals surface area contributed by atoms with E-state index in [0.29, 0.717) is 12.1 Å². The minimum atomic E-state index is 0.488. The van der Waals surface area contributed by atoms with Crippen molar-refractivity contribution >= 4 is 5.69 Å². The van der Waals surface area contributed by atoms with Gasteiger partial charge in [-0.05, 0) is 38.8 Å². The van der Waals surface area contributed by atoms with Crippen LogP contribution in [0.25, 0.3) is 0 Å². The Morgan fingerprint density at radius 2 is 2.21 bits per heavy atom. The van der Waals surface area contributed by atoms with E-state index in [1.807, 2.05) is 0 Å². The molecule has 3 heteroatoms. The van der Waals surface area contributed by atoms with E-state index in [9.17, 15) is 0 Å². The van der Waals surface area contributed by atoms with Crippen LogP contribution in [0.1, 0.15) is 25.8 Å². The van der Waals surface area contributed by atoms with Gasteiger partial charge in [0, 0.05) is 30.9 Å². The zero-order valence-corrected chi connectivity index (χ0v) is 12.4. The summed E-state index contributed by atoms with van der Waals surface area (Å²) < 4.78 is 5.54. The fourth-order valence-electron chi connectivity index (χ4n) is 2.92. The highest BCUT2D eigenvalue weighted by Crippen LogP contribution is 2.23. The molecule has 2 atom stereocenters. The molecule has 2 rings (SSSR count). The number of ether oxygens (including phenoxy) is 1. The molecular formula is C16H26N2O. The molecule has 0 aliphatic carbocycles. The van der Waals surface area contributed by atoms with E-state index in [1.165, 1.54) is 11.3 Å². The average molecular weight is 262 g/mol. The Kier molecular flexibility index (Phi) is 5.23. The van der Waals surface area contributed by atoms with Gasteiger partial charge in [-0.25, -0.2) is 0 Å². The molecule has 1 fully saturated rings. The molecule has 0 bridgehead atoms. The number of para-hydroxylation sites is 1. The molecule has 0 amide bonds. The van der Waals surface area contributed by atoms with Crippen molar-refractivity contribution in [3.8, 4) is 0 Å². The van der Waals surface area contributed by atoms with Gasteiger partial charge in [-0.1, -0.05) is 18.2 Å². The molecule has 19 heavy (non-hydrogen) atoms. The van der Waals surface area contributed by atoms with Crippen LogP contribution in [0, 0.1) is 6.92 Å². The van der Waals surface area contributed by atoms with Gasteiger partial charge < -0.3 is 15.0 Å². The Balaban J connectivity index is 2.02. The predicted octanol–water partition coefficient (Wildman–Crippen LogP) is 2.59. The molecule has 1 aliphatic heterocycles. The minimum Gasteiger partial charge on any atom is -0.379 e. The standard InChI is InChI=1S/C16H26N2O/c1-4-18(16-8-6-5-7-13(16)2)14(3)11-15-12-19-10-9-17-15/h5-8,14-15,17H,4,9-12H2,1-3H3. The summed E-state index contributed by atoms with van der Waals surface area (Å²) in [5.41, 5.74) is 2.71. The van der Waals surface area contributed by atoms with Gasteiger partial charge in [-0.3, -0.25) is 0 Å². The zero-order chi connectivity index (χ0) is 13.7. The fraction of sp³-hybridized carbons (Fsp3) is 0.625. The third kappa shape index (κ3) is 3.71. The third-order valence-electron chi connectivity index (χ3n) is 3.92. The Bertz CT molecular complexity index is 388. The first-order chi connectivity index (χ1) is 9.22. The number of nitrogens with zero attached hydrogens (tertiary/aromatic N) is 1. The summed E-state index contributed by atoms with van der Waals surface area (Å²) in [4.78, 5) is 2.49. The minimum absolute atomic E-state index is 0.488. The second-order valence-corrected chi connectivity index (χ2v) is 5.38. The molecule has 1 aliphatic rings. The van der Waals surface area contributed by atoms with Crippen LogP contribution < -0.4 is 10.2 Å². The van der Waals surface area contributed by atoms with Crippen molar-refractivity contribution in [3.63, 3.8) is 0 Å². The lowest BCUT2D eigenvalue weighted by Gasteiger charge is -2.35. The molecular weight excluding hydrogens is 236 g/mol. The lowest BCUT2D eigenvalue weighted by molar-refractivity contribution is 0.0722. The Morgan fingerprint density at radius 3 is 2.84 bits per heavy atom. The van der Waals surface area contributed by atoms with Crippen molar-refractivity contribution in [2.45, 2.75) is 39.3 Å². The molecule has 1 N–H and O–H groups in total. The molecule has 0 aromatic heterocycles. The van der Waals surface area contributed by atoms with Gasteiger partial charge in [0.25, 0.3) is 0 Å². The lowest BCUT2D eigenvalue weighted by Crippen LogP contribution is -2.46. The van der Waals surface area contributed by atoms with Crippen LogP contribution in [0.4, 0.5) is 5.69 Å². The molecule has 1 heterocycles. The highest BCUT2D eigenvalue weighted by Gasteiger charge is 2.20. The summed E-state index contributed by atoms with van der Waals surface area (Å²) >= 11 is 0. The maximum absolute atomic E-state index is 5.54. The molecule has 0 spiro atoms. The van der Waals surface area contributed by atoms with Crippen LogP contribution >= 0.6 is 0 Å². The first-order valence-corrected chi connectivity index (χ1v) is 7.35. The highest BCUT2D eigenvalue weighted by atomic mass is 16.5. The summed E-state index contributed by atoms with van der Waals surface area (Å²) in [5, 5.41) is 3.54. The van der Waals surface area contributed by atoms with E-state index in [0.717, 1.165) is 32.7 Å². The predicted molar refractivity (Wildman–Crippen MR) is 80.9 cm³/mol. The second kappa shape index (κ2) is 6.92. The van der Waals surface area contributed by atoms with E-state index in [-0.39, 0.29) is 0 Å².